The van der Waals surface area contributed by atoms with Gasteiger partial charge in [-0.1, -0.05) is 53.2 Å². The van der Waals surface area contributed by atoms with Gasteiger partial charge < -0.3 is 9.84 Å². The zero-order valence-corrected chi connectivity index (χ0v) is 22.1. The Labute approximate surface area is 213 Å². The van der Waals surface area contributed by atoms with Crippen molar-refractivity contribution in [3.05, 3.63) is 82.7 Å². The van der Waals surface area contributed by atoms with Gasteiger partial charge in [0.2, 0.25) is 15.9 Å². The monoisotopic (exact) mass is 509 g/mol. The first-order valence-corrected chi connectivity index (χ1v) is 14.0. The molecule has 1 N–H and O–H groups in total. The van der Waals surface area contributed by atoms with Crippen LogP contribution < -0.4 is 5.32 Å². The van der Waals surface area contributed by atoms with E-state index in [4.69, 9.17) is 4.52 Å². The van der Waals surface area contributed by atoms with Crippen LogP contribution in [-0.2, 0) is 27.9 Å². The van der Waals surface area contributed by atoms with E-state index >= 15 is 0 Å². The van der Waals surface area contributed by atoms with E-state index in [2.05, 4.69) is 10.5 Å². The Morgan fingerprint density at radius 3 is 2.28 bits per heavy atom. The summed E-state index contributed by atoms with van der Waals surface area (Å²) in [5, 5.41) is 7.07. The summed E-state index contributed by atoms with van der Waals surface area (Å²) in [4.78, 5) is 13.0. The van der Waals surface area contributed by atoms with Gasteiger partial charge in [0, 0.05) is 31.1 Å². The molecule has 1 amide bonds. The maximum Gasteiger partial charge on any atom is 0.243 e. The highest BCUT2D eigenvalue weighted by Gasteiger charge is 2.32. The summed E-state index contributed by atoms with van der Waals surface area (Å²) in [6.07, 6.45) is 3.14. The first-order valence-electron chi connectivity index (χ1n) is 12.5. The van der Waals surface area contributed by atoms with E-state index in [0.717, 1.165) is 36.8 Å². The number of hydrogen-bond donors (Lipinski definition) is 1. The summed E-state index contributed by atoms with van der Waals surface area (Å²) in [6, 6.07) is 16.7. The Morgan fingerprint density at radius 2 is 1.67 bits per heavy atom. The van der Waals surface area contributed by atoms with Crippen LogP contribution in [0.4, 0.5) is 0 Å². The molecule has 7 nitrogen and oxygen atoms in total. The van der Waals surface area contributed by atoms with Gasteiger partial charge in [0.15, 0.2) is 0 Å². The van der Waals surface area contributed by atoms with Crippen molar-refractivity contribution in [2.24, 2.45) is 11.8 Å². The fraction of sp³-hybridized carbons (Fsp3) is 0.429. The first kappa shape index (κ1) is 26.1. The normalized spacial score (nSPS) is 18.3. The predicted molar refractivity (Wildman–Crippen MR) is 138 cm³/mol. The SMILES string of the molecule is Cc1ccc(CNC(=O)C2CCC(CN(Cc3c(C)noc3C)S(=O)(=O)c3ccccc3)CC2)cc1. The van der Waals surface area contributed by atoms with E-state index in [-0.39, 0.29) is 29.2 Å². The molecule has 0 bridgehead atoms. The van der Waals surface area contributed by atoms with Crippen molar-refractivity contribution in [3.8, 4) is 0 Å². The third kappa shape index (κ3) is 6.23. The van der Waals surface area contributed by atoms with Gasteiger partial charge in [-0.05, 0) is 70.1 Å². The number of nitrogens with one attached hydrogen (secondary N) is 1. The highest BCUT2D eigenvalue weighted by molar-refractivity contribution is 7.89. The van der Waals surface area contributed by atoms with Crippen LogP contribution in [0.3, 0.4) is 0 Å². The number of rotatable bonds is 9. The average molecular weight is 510 g/mol. The molecule has 0 spiro atoms. The van der Waals surface area contributed by atoms with Gasteiger partial charge >= 0.3 is 0 Å². The van der Waals surface area contributed by atoms with Crippen LogP contribution in [0.2, 0.25) is 0 Å². The van der Waals surface area contributed by atoms with Gasteiger partial charge in [0.25, 0.3) is 0 Å². The number of amides is 1. The van der Waals surface area contributed by atoms with Gasteiger partial charge in [-0.2, -0.15) is 4.31 Å². The lowest BCUT2D eigenvalue weighted by atomic mass is 9.81. The van der Waals surface area contributed by atoms with Crippen molar-refractivity contribution in [2.45, 2.75) is 64.4 Å². The largest absolute Gasteiger partial charge is 0.361 e. The van der Waals surface area contributed by atoms with Crippen molar-refractivity contribution in [1.82, 2.24) is 14.8 Å². The van der Waals surface area contributed by atoms with Crippen LogP contribution in [0, 0.1) is 32.6 Å². The van der Waals surface area contributed by atoms with Crippen molar-refractivity contribution in [3.63, 3.8) is 0 Å². The molecule has 1 aliphatic carbocycles. The van der Waals surface area contributed by atoms with Crippen molar-refractivity contribution in [1.29, 1.82) is 0 Å². The molecule has 1 heterocycles. The first-order chi connectivity index (χ1) is 17.2. The number of carbonyl (C=O) groups is 1. The van der Waals surface area contributed by atoms with Crippen molar-refractivity contribution in [2.75, 3.05) is 6.54 Å². The fourth-order valence-electron chi connectivity index (χ4n) is 4.83. The molecule has 192 valence electrons. The van der Waals surface area contributed by atoms with Crippen molar-refractivity contribution < 1.29 is 17.7 Å². The Bertz CT molecular complexity index is 1240. The summed E-state index contributed by atoms with van der Waals surface area (Å²) in [7, 11) is -3.70. The minimum Gasteiger partial charge on any atom is -0.361 e. The predicted octanol–water partition coefficient (Wildman–Crippen LogP) is 4.91. The maximum absolute atomic E-state index is 13.6. The fourth-order valence-corrected chi connectivity index (χ4v) is 6.33. The molecule has 0 atom stereocenters. The Hall–Kier alpha value is -2.97. The minimum absolute atomic E-state index is 0.0339. The molecule has 8 heteroatoms. The average Bonchev–Trinajstić information content (AvgIpc) is 3.21. The van der Waals surface area contributed by atoms with E-state index in [9.17, 15) is 13.2 Å². The van der Waals surface area contributed by atoms with Crippen molar-refractivity contribution >= 4 is 15.9 Å². The lowest BCUT2D eigenvalue weighted by molar-refractivity contribution is -0.126. The van der Waals surface area contributed by atoms with E-state index in [1.807, 2.05) is 51.1 Å². The van der Waals surface area contributed by atoms with Gasteiger partial charge in [-0.15, -0.1) is 0 Å². The highest BCUT2D eigenvalue weighted by Crippen LogP contribution is 2.32. The smallest absolute Gasteiger partial charge is 0.243 e. The zero-order chi connectivity index (χ0) is 25.7. The number of benzene rings is 2. The molecule has 0 unspecified atom stereocenters. The standard InChI is InChI=1S/C28H35N3O4S/c1-20-9-11-23(12-10-20)17-29-28(32)25-15-13-24(14-16-25)18-31(19-27-21(2)30-35-22(27)3)36(33,34)26-7-5-4-6-8-26/h4-12,24-25H,13-19H2,1-3H3,(H,29,32). The number of aryl methyl sites for hydroxylation is 3. The number of nitrogens with zero attached hydrogens (tertiary/aromatic N) is 2. The summed E-state index contributed by atoms with van der Waals surface area (Å²) in [5.41, 5.74) is 3.79. The number of hydrogen-bond acceptors (Lipinski definition) is 5. The summed E-state index contributed by atoms with van der Waals surface area (Å²) < 4.78 is 34.0. The summed E-state index contributed by atoms with van der Waals surface area (Å²) in [5.74, 6) is 0.867. The van der Waals surface area contributed by atoms with Crippen LogP contribution in [0.5, 0.6) is 0 Å². The molecule has 2 aromatic carbocycles. The lowest BCUT2D eigenvalue weighted by Gasteiger charge is -2.32. The number of aromatic nitrogens is 1. The Balaban J connectivity index is 1.39. The molecule has 3 aromatic rings. The molecule has 1 fully saturated rings. The molecular formula is C28H35N3O4S. The molecule has 1 saturated carbocycles. The molecule has 1 aliphatic rings. The van der Waals surface area contributed by atoms with E-state index < -0.39 is 10.0 Å². The van der Waals surface area contributed by atoms with Crippen LogP contribution in [0.25, 0.3) is 0 Å². The third-order valence-electron chi connectivity index (χ3n) is 7.16. The quantitative estimate of drug-likeness (QED) is 0.442. The lowest BCUT2D eigenvalue weighted by Crippen LogP contribution is -2.38. The summed E-state index contributed by atoms with van der Waals surface area (Å²) in [6.45, 7) is 6.83. The van der Waals surface area contributed by atoms with Crippen LogP contribution in [0.1, 0.15) is 53.8 Å². The second kappa shape index (κ2) is 11.4. The topological polar surface area (TPSA) is 92.5 Å². The van der Waals surface area contributed by atoms with Crippen LogP contribution in [0.15, 0.2) is 64.0 Å². The molecule has 36 heavy (non-hydrogen) atoms. The van der Waals surface area contributed by atoms with Gasteiger partial charge in [-0.25, -0.2) is 8.42 Å². The van der Waals surface area contributed by atoms with Gasteiger partial charge in [0.05, 0.1) is 10.6 Å². The van der Waals surface area contributed by atoms with E-state index in [1.165, 1.54) is 5.56 Å². The molecular weight excluding hydrogens is 474 g/mol. The number of carbonyl (C=O) groups excluding carboxylic acids is 1. The van der Waals surface area contributed by atoms with E-state index in [0.29, 0.717) is 24.5 Å². The van der Waals surface area contributed by atoms with Gasteiger partial charge in [0.1, 0.15) is 5.76 Å². The molecule has 1 aromatic heterocycles. The Kier molecular flexibility index (Phi) is 8.26. The van der Waals surface area contributed by atoms with Crippen LogP contribution >= 0.6 is 0 Å². The summed E-state index contributed by atoms with van der Waals surface area (Å²) >= 11 is 0. The van der Waals surface area contributed by atoms with Crippen LogP contribution in [-0.4, -0.2) is 30.3 Å². The maximum atomic E-state index is 13.6. The molecule has 0 radical (unpaired) electrons. The zero-order valence-electron chi connectivity index (χ0n) is 21.2. The molecule has 0 aliphatic heterocycles. The minimum atomic E-state index is -3.70. The molecule has 0 saturated heterocycles. The second-order valence-electron chi connectivity index (χ2n) is 9.83. The molecule has 4 rings (SSSR count). The second-order valence-corrected chi connectivity index (χ2v) is 11.8. The Morgan fingerprint density at radius 1 is 1.00 bits per heavy atom. The third-order valence-corrected chi connectivity index (χ3v) is 8.99. The number of sulfonamides is 1. The highest BCUT2D eigenvalue weighted by atomic mass is 32.2. The van der Waals surface area contributed by atoms with Gasteiger partial charge in [-0.3, -0.25) is 4.79 Å². The van der Waals surface area contributed by atoms with E-state index in [1.54, 1.807) is 28.6 Å².